The van der Waals surface area contributed by atoms with E-state index >= 15 is 0 Å². The summed E-state index contributed by atoms with van der Waals surface area (Å²) in [5, 5.41) is 11.0. The number of nitrogens with zero attached hydrogens (tertiary/aromatic N) is 1. The number of piperidine rings is 1. The van der Waals surface area contributed by atoms with Gasteiger partial charge in [-0.3, -0.25) is 0 Å². The van der Waals surface area contributed by atoms with Crippen LogP contribution in [0.5, 0.6) is 11.5 Å². The van der Waals surface area contributed by atoms with Crippen LogP contribution in [0.2, 0.25) is 0 Å². The molecule has 1 fully saturated rings. The van der Waals surface area contributed by atoms with Gasteiger partial charge >= 0.3 is 0 Å². The fraction of sp³-hybridized carbons (Fsp3) is 0.625. The fourth-order valence-corrected chi connectivity index (χ4v) is 3.04. The van der Waals surface area contributed by atoms with Crippen molar-refractivity contribution in [3.63, 3.8) is 0 Å². The van der Waals surface area contributed by atoms with E-state index in [1.54, 1.807) is 0 Å². The zero-order chi connectivity index (χ0) is 14.2. The van der Waals surface area contributed by atoms with Crippen molar-refractivity contribution in [2.75, 3.05) is 26.8 Å². The zero-order valence-corrected chi connectivity index (χ0v) is 12.3. The molecule has 4 heteroatoms. The Bertz CT molecular complexity index is 491. The molecule has 2 atom stereocenters. The van der Waals surface area contributed by atoms with E-state index in [4.69, 9.17) is 9.47 Å². The van der Waals surface area contributed by atoms with E-state index < -0.39 is 5.60 Å². The van der Waals surface area contributed by atoms with Gasteiger partial charge in [0.05, 0.1) is 18.8 Å². The average molecular weight is 277 g/mol. The monoisotopic (exact) mass is 277 g/mol. The van der Waals surface area contributed by atoms with Crippen LogP contribution < -0.4 is 9.47 Å². The fourth-order valence-electron chi connectivity index (χ4n) is 3.04. The number of fused-ring (bicyclic) bond motifs is 1. The molecule has 1 aromatic rings. The van der Waals surface area contributed by atoms with Gasteiger partial charge in [0, 0.05) is 19.0 Å². The van der Waals surface area contributed by atoms with Crippen LogP contribution in [0.15, 0.2) is 18.2 Å². The molecule has 0 aliphatic carbocycles. The van der Waals surface area contributed by atoms with Gasteiger partial charge in [-0.2, -0.15) is 0 Å². The average Bonchev–Trinajstić information content (AvgIpc) is 2.68. The van der Waals surface area contributed by atoms with Crippen molar-refractivity contribution in [1.29, 1.82) is 0 Å². The third-order valence-electron chi connectivity index (χ3n) is 4.55. The minimum absolute atomic E-state index is 0.379. The summed E-state index contributed by atoms with van der Waals surface area (Å²) in [6, 6.07) is 6.24. The van der Waals surface area contributed by atoms with Gasteiger partial charge in [0.25, 0.3) is 0 Å². The second kappa shape index (κ2) is 5.26. The van der Waals surface area contributed by atoms with E-state index in [-0.39, 0.29) is 0 Å². The molecule has 110 valence electrons. The Balaban J connectivity index is 1.88. The molecule has 2 aliphatic heterocycles. The lowest BCUT2D eigenvalue weighted by Gasteiger charge is -2.41. The first kappa shape index (κ1) is 13.7. The van der Waals surface area contributed by atoms with Crippen LogP contribution in [0.3, 0.4) is 0 Å². The summed E-state index contributed by atoms with van der Waals surface area (Å²) in [6.07, 6.45) is 2.41. The molecule has 1 aromatic carbocycles. The number of aliphatic hydroxyl groups is 1. The normalized spacial score (nSPS) is 30.9. The summed E-state index contributed by atoms with van der Waals surface area (Å²) in [5.74, 6) is 1.55. The summed E-state index contributed by atoms with van der Waals surface area (Å²) in [5.41, 5.74) is 0.193. The second-order valence-electron chi connectivity index (χ2n) is 6.03. The standard InChI is InChI=1S/C16H23NO3/c1-12-11-16(18,6-7-17(12)2)13-4-5-14-15(10-13)20-9-3-8-19-14/h4-5,10,12,18H,3,6-9,11H2,1-2H3. The number of hydrogen-bond donors (Lipinski definition) is 1. The SMILES string of the molecule is CC1CC(O)(c2ccc3c(c2)OCCCO3)CCN1C. The van der Waals surface area contributed by atoms with Crippen molar-refractivity contribution < 1.29 is 14.6 Å². The van der Waals surface area contributed by atoms with Gasteiger partial charge in [-0.1, -0.05) is 6.07 Å². The molecule has 2 aliphatic rings. The second-order valence-corrected chi connectivity index (χ2v) is 6.03. The first-order chi connectivity index (χ1) is 9.58. The van der Waals surface area contributed by atoms with E-state index in [1.807, 2.05) is 18.2 Å². The van der Waals surface area contributed by atoms with Crippen LogP contribution >= 0.6 is 0 Å². The van der Waals surface area contributed by atoms with Crippen molar-refractivity contribution in [1.82, 2.24) is 4.90 Å². The smallest absolute Gasteiger partial charge is 0.161 e. The zero-order valence-electron chi connectivity index (χ0n) is 12.3. The van der Waals surface area contributed by atoms with E-state index in [9.17, 15) is 5.11 Å². The van der Waals surface area contributed by atoms with Crippen LogP contribution in [-0.2, 0) is 5.60 Å². The molecule has 2 unspecified atom stereocenters. The molecule has 4 nitrogen and oxygen atoms in total. The predicted octanol–water partition coefficient (Wildman–Crippen LogP) is 2.15. The minimum Gasteiger partial charge on any atom is -0.490 e. The highest BCUT2D eigenvalue weighted by Gasteiger charge is 2.37. The highest BCUT2D eigenvalue weighted by molar-refractivity contribution is 5.45. The van der Waals surface area contributed by atoms with Gasteiger partial charge in [-0.25, -0.2) is 0 Å². The first-order valence-electron chi connectivity index (χ1n) is 7.41. The lowest BCUT2D eigenvalue weighted by molar-refractivity contribution is -0.0409. The van der Waals surface area contributed by atoms with E-state index in [1.165, 1.54) is 0 Å². The lowest BCUT2D eigenvalue weighted by Crippen LogP contribution is -2.45. The van der Waals surface area contributed by atoms with Gasteiger partial charge < -0.3 is 19.5 Å². The molecule has 0 saturated carbocycles. The van der Waals surface area contributed by atoms with E-state index in [0.717, 1.165) is 42.9 Å². The number of benzene rings is 1. The molecule has 1 N–H and O–H groups in total. The highest BCUT2D eigenvalue weighted by atomic mass is 16.5. The van der Waals surface area contributed by atoms with Gasteiger partial charge in [-0.15, -0.1) is 0 Å². The molecular weight excluding hydrogens is 254 g/mol. The van der Waals surface area contributed by atoms with Crippen LogP contribution in [0, 0.1) is 0 Å². The summed E-state index contributed by atoms with van der Waals surface area (Å²) in [4.78, 5) is 2.29. The third kappa shape index (κ3) is 2.50. The molecule has 1 saturated heterocycles. The maximum Gasteiger partial charge on any atom is 0.161 e. The van der Waals surface area contributed by atoms with Crippen LogP contribution in [0.1, 0.15) is 31.7 Å². The highest BCUT2D eigenvalue weighted by Crippen LogP contribution is 2.39. The summed E-state index contributed by atoms with van der Waals surface area (Å²) in [6.45, 7) is 4.44. The van der Waals surface area contributed by atoms with Crippen LogP contribution in [0.4, 0.5) is 0 Å². The number of likely N-dealkylation sites (tertiary alicyclic amines) is 1. The van der Waals surface area contributed by atoms with Crippen molar-refractivity contribution in [3.8, 4) is 11.5 Å². The Kier molecular flexibility index (Phi) is 3.61. The topological polar surface area (TPSA) is 41.9 Å². The Morgan fingerprint density at radius 1 is 1.25 bits per heavy atom. The van der Waals surface area contributed by atoms with Crippen LogP contribution in [-0.4, -0.2) is 42.9 Å². The molecule has 20 heavy (non-hydrogen) atoms. The van der Waals surface area contributed by atoms with Crippen molar-refractivity contribution in [2.24, 2.45) is 0 Å². The molecule has 0 spiro atoms. The third-order valence-corrected chi connectivity index (χ3v) is 4.55. The molecule has 0 bridgehead atoms. The summed E-state index contributed by atoms with van der Waals surface area (Å²) >= 11 is 0. The lowest BCUT2D eigenvalue weighted by atomic mass is 9.81. The first-order valence-corrected chi connectivity index (χ1v) is 7.41. The largest absolute Gasteiger partial charge is 0.490 e. The molecular formula is C16H23NO3. The molecule has 0 radical (unpaired) electrons. The Morgan fingerprint density at radius 2 is 2.00 bits per heavy atom. The van der Waals surface area contributed by atoms with Gasteiger partial charge in [0.2, 0.25) is 0 Å². The van der Waals surface area contributed by atoms with Crippen molar-refractivity contribution in [2.45, 2.75) is 37.8 Å². The predicted molar refractivity (Wildman–Crippen MR) is 77.3 cm³/mol. The summed E-state index contributed by atoms with van der Waals surface area (Å²) in [7, 11) is 2.11. The number of hydrogen-bond acceptors (Lipinski definition) is 4. The minimum atomic E-state index is -0.753. The number of rotatable bonds is 1. The number of ether oxygens (including phenoxy) is 2. The molecule has 2 heterocycles. The van der Waals surface area contributed by atoms with E-state index in [2.05, 4.69) is 18.9 Å². The molecule has 0 aromatic heterocycles. The van der Waals surface area contributed by atoms with Gasteiger partial charge in [0.15, 0.2) is 11.5 Å². The van der Waals surface area contributed by atoms with Crippen molar-refractivity contribution in [3.05, 3.63) is 23.8 Å². The maximum atomic E-state index is 11.0. The van der Waals surface area contributed by atoms with E-state index in [0.29, 0.717) is 19.3 Å². The molecule has 0 amide bonds. The van der Waals surface area contributed by atoms with Gasteiger partial charge in [0.1, 0.15) is 0 Å². The van der Waals surface area contributed by atoms with Crippen molar-refractivity contribution >= 4 is 0 Å². The van der Waals surface area contributed by atoms with Gasteiger partial charge in [-0.05, 0) is 44.5 Å². The Morgan fingerprint density at radius 3 is 2.75 bits per heavy atom. The maximum absolute atomic E-state index is 11.0. The summed E-state index contributed by atoms with van der Waals surface area (Å²) < 4.78 is 11.4. The Labute approximate surface area is 120 Å². The quantitative estimate of drug-likeness (QED) is 0.854. The Hall–Kier alpha value is -1.26. The van der Waals surface area contributed by atoms with Crippen LogP contribution in [0.25, 0.3) is 0 Å². The molecule has 3 rings (SSSR count).